The van der Waals surface area contributed by atoms with E-state index in [4.69, 9.17) is 14.2 Å². The third kappa shape index (κ3) is 10.5. The zero-order valence-electron chi connectivity index (χ0n) is 25.8. The third-order valence-electron chi connectivity index (χ3n) is 6.96. The van der Waals surface area contributed by atoms with Crippen molar-refractivity contribution in [1.29, 1.82) is 0 Å². The number of anilines is 1. The SMILES string of the molecule is CCCCOCCOc1ccc(-c2ccc(OC(F)F)c(/C=C/C(=O)Nc3ccc(SCc4c(C)ncn4CC)cc3)c2)cc1. The van der Waals surface area contributed by atoms with Crippen LogP contribution in [0, 0.1) is 6.92 Å². The number of carbonyl (C=O) groups is 1. The standard InChI is InChI=1S/C35H39F2N3O4S/c1-4-6-19-42-20-21-43-30-13-7-26(8-14-30)27-9-17-33(44-35(36)37)28(22-27)10-18-34(41)39-29-11-15-31(16-12-29)45-23-32-25(3)38-24-40(32)5-2/h7-18,22,24,35H,4-6,19-21,23H2,1-3H3,(H,39,41)/b18-10+. The maximum absolute atomic E-state index is 13.1. The van der Waals surface area contributed by atoms with E-state index in [1.807, 2.05) is 61.8 Å². The van der Waals surface area contributed by atoms with Gasteiger partial charge in [0.2, 0.25) is 5.91 Å². The molecule has 0 unspecified atom stereocenters. The highest BCUT2D eigenvalue weighted by atomic mass is 32.2. The second-order valence-corrected chi connectivity index (χ2v) is 11.2. The number of nitrogens with zero attached hydrogens (tertiary/aromatic N) is 2. The molecule has 0 aliphatic heterocycles. The summed E-state index contributed by atoms with van der Waals surface area (Å²) in [6.45, 7) is 5.78. The van der Waals surface area contributed by atoms with Crippen LogP contribution in [0.3, 0.4) is 0 Å². The average molecular weight is 636 g/mol. The number of amides is 1. The molecule has 4 rings (SSSR count). The summed E-state index contributed by atoms with van der Waals surface area (Å²) in [5, 5.41) is 2.82. The van der Waals surface area contributed by atoms with Crippen molar-refractivity contribution in [3.63, 3.8) is 0 Å². The Morgan fingerprint density at radius 3 is 2.47 bits per heavy atom. The molecule has 3 aromatic carbocycles. The summed E-state index contributed by atoms with van der Waals surface area (Å²) in [4.78, 5) is 18.2. The Labute approximate surface area is 267 Å². The van der Waals surface area contributed by atoms with Crippen molar-refractivity contribution in [2.75, 3.05) is 25.1 Å². The van der Waals surface area contributed by atoms with E-state index < -0.39 is 12.5 Å². The van der Waals surface area contributed by atoms with Crippen molar-refractivity contribution in [3.8, 4) is 22.6 Å². The molecule has 0 saturated heterocycles. The third-order valence-corrected chi connectivity index (χ3v) is 7.98. The van der Waals surface area contributed by atoms with Crippen LogP contribution in [0.5, 0.6) is 11.5 Å². The van der Waals surface area contributed by atoms with Gasteiger partial charge in [0.25, 0.3) is 0 Å². The Hall–Kier alpha value is -4.15. The first kappa shape index (κ1) is 33.7. The fourth-order valence-electron chi connectivity index (χ4n) is 4.48. The number of nitrogens with one attached hydrogen (secondary N) is 1. The lowest BCUT2D eigenvalue weighted by atomic mass is 10.0. The van der Waals surface area contributed by atoms with Gasteiger partial charge in [0.05, 0.1) is 24.3 Å². The second-order valence-electron chi connectivity index (χ2n) is 10.2. The van der Waals surface area contributed by atoms with Gasteiger partial charge in [-0.25, -0.2) is 4.98 Å². The summed E-state index contributed by atoms with van der Waals surface area (Å²) in [5.74, 6) is 1.08. The minimum atomic E-state index is -3.00. The number of ether oxygens (including phenoxy) is 3. The molecule has 45 heavy (non-hydrogen) atoms. The van der Waals surface area contributed by atoms with Crippen molar-refractivity contribution in [2.45, 2.75) is 57.4 Å². The molecule has 0 bridgehead atoms. The minimum absolute atomic E-state index is 0.0261. The van der Waals surface area contributed by atoms with Crippen LogP contribution in [0.15, 0.2) is 84.0 Å². The van der Waals surface area contributed by atoms with Crippen LogP contribution in [0.4, 0.5) is 14.5 Å². The smallest absolute Gasteiger partial charge is 0.387 e. The van der Waals surface area contributed by atoms with Gasteiger partial charge in [-0.05, 0) is 86.0 Å². The lowest BCUT2D eigenvalue weighted by Gasteiger charge is -2.11. The molecule has 1 N–H and O–H groups in total. The molecule has 1 aromatic heterocycles. The van der Waals surface area contributed by atoms with Crippen LogP contribution in [0.1, 0.15) is 43.6 Å². The van der Waals surface area contributed by atoms with Crippen molar-refractivity contribution < 1.29 is 27.8 Å². The highest BCUT2D eigenvalue weighted by Crippen LogP contribution is 2.30. The first-order chi connectivity index (χ1) is 21.9. The highest BCUT2D eigenvalue weighted by molar-refractivity contribution is 7.98. The molecule has 10 heteroatoms. The summed E-state index contributed by atoms with van der Waals surface area (Å²) in [5.41, 5.74) is 4.81. The molecule has 4 aromatic rings. The van der Waals surface area contributed by atoms with E-state index in [9.17, 15) is 13.6 Å². The summed E-state index contributed by atoms with van der Waals surface area (Å²) in [6, 6.07) is 19.9. The maximum Gasteiger partial charge on any atom is 0.387 e. The fourth-order valence-corrected chi connectivity index (χ4v) is 5.48. The van der Waals surface area contributed by atoms with Gasteiger partial charge < -0.3 is 24.1 Å². The number of alkyl halides is 2. The van der Waals surface area contributed by atoms with E-state index in [1.54, 1.807) is 23.9 Å². The van der Waals surface area contributed by atoms with E-state index in [0.29, 0.717) is 30.2 Å². The molecule has 7 nitrogen and oxygen atoms in total. The van der Waals surface area contributed by atoms with Gasteiger partial charge in [-0.3, -0.25) is 4.79 Å². The van der Waals surface area contributed by atoms with E-state index in [1.165, 1.54) is 23.9 Å². The van der Waals surface area contributed by atoms with E-state index in [2.05, 4.69) is 28.7 Å². The van der Waals surface area contributed by atoms with Crippen LogP contribution in [0.25, 0.3) is 17.2 Å². The van der Waals surface area contributed by atoms with Gasteiger partial charge in [-0.1, -0.05) is 31.5 Å². The number of benzene rings is 3. The van der Waals surface area contributed by atoms with Gasteiger partial charge in [-0.2, -0.15) is 8.78 Å². The van der Waals surface area contributed by atoms with Gasteiger partial charge in [0, 0.05) is 41.1 Å². The van der Waals surface area contributed by atoms with Gasteiger partial charge in [0.15, 0.2) is 0 Å². The van der Waals surface area contributed by atoms with Crippen LogP contribution >= 0.6 is 11.8 Å². The van der Waals surface area contributed by atoms with Gasteiger partial charge >= 0.3 is 6.61 Å². The number of unbranched alkanes of at least 4 members (excludes halogenated alkanes) is 1. The van der Waals surface area contributed by atoms with Gasteiger partial charge in [0.1, 0.15) is 18.1 Å². The number of aryl methyl sites for hydroxylation is 2. The van der Waals surface area contributed by atoms with E-state index in [0.717, 1.165) is 53.5 Å². The quantitative estimate of drug-likeness (QED) is 0.0712. The highest BCUT2D eigenvalue weighted by Gasteiger charge is 2.11. The number of carbonyl (C=O) groups excluding carboxylic acids is 1. The number of hydrogen-bond acceptors (Lipinski definition) is 6. The van der Waals surface area contributed by atoms with Crippen LogP contribution in [0.2, 0.25) is 0 Å². The maximum atomic E-state index is 13.1. The predicted octanol–water partition coefficient (Wildman–Crippen LogP) is 8.62. The van der Waals surface area contributed by atoms with Crippen molar-refractivity contribution in [1.82, 2.24) is 9.55 Å². The number of aromatic nitrogens is 2. The Balaban J connectivity index is 1.37. The molecule has 238 valence electrons. The average Bonchev–Trinajstić information content (AvgIpc) is 3.41. The zero-order valence-corrected chi connectivity index (χ0v) is 26.6. The molecule has 0 saturated carbocycles. The summed E-state index contributed by atoms with van der Waals surface area (Å²) in [7, 11) is 0. The predicted molar refractivity (Wildman–Crippen MR) is 176 cm³/mol. The number of rotatable bonds is 17. The fraction of sp³-hybridized carbons (Fsp3) is 0.314. The monoisotopic (exact) mass is 635 g/mol. The van der Waals surface area contributed by atoms with Crippen LogP contribution < -0.4 is 14.8 Å². The van der Waals surface area contributed by atoms with Crippen molar-refractivity contribution in [2.24, 2.45) is 0 Å². The normalized spacial score (nSPS) is 11.3. The molecule has 0 radical (unpaired) electrons. The molecule has 1 amide bonds. The van der Waals surface area contributed by atoms with E-state index >= 15 is 0 Å². The second kappa shape index (κ2) is 17.4. The molecule has 0 fully saturated rings. The molecule has 1 heterocycles. The summed E-state index contributed by atoms with van der Waals surface area (Å²) in [6.07, 6.45) is 6.74. The number of hydrogen-bond donors (Lipinski definition) is 1. The Morgan fingerprint density at radius 1 is 1.00 bits per heavy atom. The topological polar surface area (TPSA) is 74.6 Å². The van der Waals surface area contributed by atoms with Crippen LogP contribution in [-0.4, -0.2) is 41.9 Å². The Bertz CT molecular complexity index is 1540. The lowest BCUT2D eigenvalue weighted by molar-refractivity contribution is -0.111. The van der Waals surface area contributed by atoms with E-state index in [-0.39, 0.29) is 5.75 Å². The molecule has 0 aliphatic rings. The number of halogens is 2. The van der Waals surface area contributed by atoms with Crippen molar-refractivity contribution in [3.05, 3.63) is 96.1 Å². The summed E-state index contributed by atoms with van der Waals surface area (Å²) >= 11 is 1.70. The minimum Gasteiger partial charge on any atom is -0.491 e. The summed E-state index contributed by atoms with van der Waals surface area (Å²) < 4.78 is 44.3. The molecule has 0 spiro atoms. The van der Waals surface area contributed by atoms with Crippen molar-refractivity contribution >= 4 is 29.4 Å². The Kier molecular flexibility index (Phi) is 13.0. The Morgan fingerprint density at radius 2 is 1.76 bits per heavy atom. The number of imidazole rings is 1. The molecular formula is C35H39F2N3O4S. The molecular weight excluding hydrogens is 596 g/mol. The molecule has 0 atom stereocenters. The largest absolute Gasteiger partial charge is 0.491 e. The first-order valence-corrected chi connectivity index (χ1v) is 16.0. The zero-order chi connectivity index (χ0) is 32.0. The number of thioether (sulfide) groups is 1. The van der Waals surface area contributed by atoms with Gasteiger partial charge in [-0.15, -0.1) is 11.8 Å². The lowest BCUT2D eigenvalue weighted by Crippen LogP contribution is -2.08. The first-order valence-electron chi connectivity index (χ1n) is 15.0. The van der Waals surface area contributed by atoms with Crippen LogP contribution in [-0.2, 0) is 21.8 Å². The molecule has 0 aliphatic carbocycles.